The summed E-state index contributed by atoms with van der Waals surface area (Å²) >= 11 is 1.48. The van der Waals surface area contributed by atoms with Gasteiger partial charge in [0.05, 0.1) is 13.1 Å². The van der Waals surface area contributed by atoms with E-state index in [1.165, 1.54) is 11.3 Å². The van der Waals surface area contributed by atoms with Crippen molar-refractivity contribution in [2.45, 2.75) is 6.10 Å². The standard InChI is InChI=1S/C15H14N2O3S/c18-14(11-5-2-1-3-6-11)16-9-12-10-17(15(19)20-12)13-7-4-8-21-13/h1-8,12H,9-10H2,(H,16,18). The van der Waals surface area contributed by atoms with E-state index in [1.807, 2.05) is 35.7 Å². The SMILES string of the molecule is O=C(NCC1CN(c2cccs2)C(=O)O1)c1ccccc1. The third-order valence-electron chi connectivity index (χ3n) is 3.17. The maximum Gasteiger partial charge on any atom is 0.415 e. The minimum absolute atomic E-state index is 0.166. The predicted molar refractivity (Wildman–Crippen MR) is 80.7 cm³/mol. The molecule has 1 fully saturated rings. The van der Waals surface area contributed by atoms with Crippen molar-refractivity contribution in [1.82, 2.24) is 5.32 Å². The van der Waals surface area contributed by atoms with Crippen LogP contribution in [0.15, 0.2) is 47.8 Å². The number of ether oxygens (including phenoxy) is 1. The molecule has 108 valence electrons. The molecule has 21 heavy (non-hydrogen) atoms. The zero-order chi connectivity index (χ0) is 14.7. The summed E-state index contributed by atoms with van der Waals surface area (Å²) in [5.41, 5.74) is 0.594. The van der Waals surface area contributed by atoms with Crippen LogP contribution in [0.1, 0.15) is 10.4 Å². The summed E-state index contributed by atoms with van der Waals surface area (Å²) in [5.74, 6) is -0.166. The first-order valence-electron chi connectivity index (χ1n) is 6.59. The summed E-state index contributed by atoms with van der Waals surface area (Å²) in [6.45, 7) is 0.760. The number of amides is 2. The molecule has 0 radical (unpaired) electrons. The van der Waals surface area contributed by atoms with Crippen molar-refractivity contribution >= 4 is 28.3 Å². The normalized spacial score (nSPS) is 17.6. The van der Waals surface area contributed by atoms with Crippen molar-refractivity contribution in [3.63, 3.8) is 0 Å². The van der Waals surface area contributed by atoms with Crippen molar-refractivity contribution in [2.75, 3.05) is 18.0 Å². The molecule has 2 heterocycles. The predicted octanol–water partition coefficient (Wildman–Crippen LogP) is 2.50. The quantitative estimate of drug-likeness (QED) is 0.944. The molecule has 1 unspecified atom stereocenters. The third kappa shape index (κ3) is 3.05. The van der Waals surface area contributed by atoms with Crippen LogP contribution < -0.4 is 10.2 Å². The molecular formula is C15H14N2O3S. The van der Waals surface area contributed by atoms with Gasteiger partial charge in [0.2, 0.25) is 0 Å². The molecule has 1 aromatic heterocycles. The minimum atomic E-state index is -0.364. The highest BCUT2D eigenvalue weighted by atomic mass is 32.1. The first kappa shape index (κ1) is 13.6. The highest BCUT2D eigenvalue weighted by Gasteiger charge is 2.32. The monoisotopic (exact) mass is 302 g/mol. The molecule has 1 atom stereocenters. The zero-order valence-corrected chi connectivity index (χ0v) is 12.0. The number of nitrogens with one attached hydrogen (secondary N) is 1. The maximum atomic E-state index is 11.9. The Morgan fingerprint density at radius 3 is 2.81 bits per heavy atom. The van der Waals surface area contributed by atoms with Gasteiger partial charge in [-0.25, -0.2) is 4.79 Å². The molecule has 2 amide bonds. The lowest BCUT2D eigenvalue weighted by molar-refractivity contribution is 0.0916. The van der Waals surface area contributed by atoms with Crippen LogP contribution in [-0.2, 0) is 4.74 Å². The van der Waals surface area contributed by atoms with E-state index in [2.05, 4.69) is 5.32 Å². The van der Waals surface area contributed by atoms with Gasteiger partial charge in [-0.15, -0.1) is 11.3 Å². The Hall–Kier alpha value is -2.34. The Labute approximate surface area is 126 Å². The largest absolute Gasteiger partial charge is 0.442 e. The fraction of sp³-hybridized carbons (Fsp3) is 0.200. The van der Waals surface area contributed by atoms with Gasteiger partial charge in [0.25, 0.3) is 5.91 Å². The molecule has 0 saturated carbocycles. The van der Waals surface area contributed by atoms with Crippen LogP contribution in [-0.4, -0.2) is 31.2 Å². The van der Waals surface area contributed by atoms with Crippen LogP contribution in [0.4, 0.5) is 9.80 Å². The Bertz CT molecular complexity index is 628. The van der Waals surface area contributed by atoms with Gasteiger partial charge in [-0.3, -0.25) is 9.69 Å². The Balaban J connectivity index is 1.55. The van der Waals surface area contributed by atoms with Gasteiger partial charge >= 0.3 is 6.09 Å². The molecule has 1 N–H and O–H groups in total. The summed E-state index contributed by atoms with van der Waals surface area (Å²) in [5, 5.41) is 5.56. The van der Waals surface area contributed by atoms with E-state index in [0.717, 1.165) is 5.00 Å². The highest BCUT2D eigenvalue weighted by Crippen LogP contribution is 2.26. The molecule has 3 rings (SSSR count). The van der Waals surface area contributed by atoms with E-state index in [1.54, 1.807) is 17.0 Å². The van der Waals surface area contributed by atoms with Crippen LogP contribution in [0.5, 0.6) is 0 Å². The molecule has 0 bridgehead atoms. The number of hydrogen-bond acceptors (Lipinski definition) is 4. The molecule has 0 spiro atoms. The molecule has 0 aliphatic carbocycles. The number of hydrogen-bond donors (Lipinski definition) is 1. The zero-order valence-electron chi connectivity index (χ0n) is 11.2. The number of anilines is 1. The lowest BCUT2D eigenvalue weighted by Gasteiger charge is -2.10. The number of rotatable bonds is 4. The molecule has 1 aromatic carbocycles. The Morgan fingerprint density at radius 1 is 1.29 bits per heavy atom. The van der Waals surface area contributed by atoms with Crippen molar-refractivity contribution in [3.8, 4) is 0 Å². The number of cyclic esters (lactones) is 1. The summed E-state index contributed by atoms with van der Waals surface area (Å²) < 4.78 is 5.26. The van der Waals surface area contributed by atoms with Gasteiger partial charge in [-0.2, -0.15) is 0 Å². The van der Waals surface area contributed by atoms with Crippen LogP contribution in [0, 0.1) is 0 Å². The number of carbonyl (C=O) groups is 2. The molecule has 1 saturated heterocycles. The molecule has 6 heteroatoms. The van der Waals surface area contributed by atoms with Crippen LogP contribution in [0.25, 0.3) is 0 Å². The highest BCUT2D eigenvalue weighted by molar-refractivity contribution is 7.14. The molecule has 1 aliphatic rings. The van der Waals surface area contributed by atoms with Crippen LogP contribution in [0.2, 0.25) is 0 Å². The van der Waals surface area contributed by atoms with Gasteiger partial charge in [-0.05, 0) is 29.6 Å². The fourth-order valence-corrected chi connectivity index (χ4v) is 2.86. The average molecular weight is 302 g/mol. The first-order valence-corrected chi connectivity index (χ1v) is 7.47. The second-order valence-corrected chi connectivity index (χ2v) is 5.57. The summed E-state index contributed by atoms with van der Waals surface area (Å²) in [4.78, 5) is 25.3. The lowest BCUT2D eigenvalue weighted by atomic mass is 10.2. The van der Waals surface area contributed by atoms with E-state index < -0.39 is 0 Å². The van der Waals surface area contributed by atoms with E-state index in [9.17, 15) is 9.59 Å². The summed E-state index contributed by atoms with van der Waals surface area (Å²) in [7, 11) is 0. The summed E-state index contributed by atoms with van der Waals surface area (Å²) in [6.07, 6.45) is -0.691. The lowest BCUT2D eigenvalue weighted by Crippen LogP contribution is -2.34. The van der Waals surface area contributed by atoms with Gasteiger partial charge in [-0.1, -0.05) is 18.2 Å². The molecule has 2 aromatic rings. The van der Waals surface area contributed by atoms with Gasteiger partial charge in [0.1, 0.15) is 11.1 Å². The second kappa shape index (κ2) is 5.97. The van der Waals surface area contributed by atoms with E-state index >= 15 is 0 Å². The Morgan fingerprint density at radius 2 is 2.10 bits per heavy atom. The number of benzene rings is 1. The van der Waals surface area contributed by atoms with E-state index in [0.29, 0.717) is 18.7 Å². The summed E-state index contributed by atoms with van der Waals surface area (Å²) in [6, 6.07) is 12.7. The van der Waals surface area contributed by atoms with E-state index in [-0.39, 0.29) is 18.1 Å². The van der Waals surface area contributed by atoms with Crippen molar-refractivity contribution in [2.24, 2.45) is 0 Å². The van der Waals surface area contributed by atoms with Crippen LogP contribution >= 0.6 is 11.3 Å². The van der Waals surface area contributed by atoms with E-state index in [4.69, 9.17) is 4.74 Å². The number of nitrogens with zero attached hydrogens (tertiary/aromatic N) is 1. The van der Waals surface area contributed by atoms with Crippen molar-refractivity contribution in [1.29, 1.82) is 0 Å². The topological polar surface area (TPSA) is 58.6 Å². The smallest absolute Gasteiger partial charge is 0.415 e. The maximum absolute atomic E-state index is 11.9. The van der Waals surface area contributed by atoms with Gasteiger partial charge in [0.15, 0.2) is 0 Å². The number of thiophene rings is 1. The molecular weight excluding hydrogens is 288 g/mol. The van der Waals surface area contributed by atoms with Gasteiger partial charge < -0.3 is 10.1 Å². The van der Waals surface area contributed by atoms with Crippen LogP contribution in [0.3, 0.4) is 0 Å². The minimum Gasteiger partial charge on any atom is -0.442 e. The second-order valence-electron chi connectivity index (χ2n) is 4.64. The average Bonchev–Trinajstić information content (AvgIpc) is 3.15. The van der Waals surface area contributed by atoms with Crippen molar-refractivity contribution in [3.05, 3.63) is 53.4 Å². The Kier molecular flexibility index (Phi) is 3.87. The number of carbonyl (C=O) groups excluding carboxylic acids is 2. The molecule has 1 aliphatic heterocycles. The van der Waals surface area contributed by atoms with Crippen molar-refractivity contribution < 1.29 is 14.3 Å². The van der Waals surface area contributed by atoms with Gasteiger partial charge in [0, 0.05) is 5.56 Å². The first-order chi connectivity index (χ1) is 10.2. The third-order valence-corrected chi connectivity index (χ3v) is 4.06. The fourth-order valence-electron chi connectivity index (χ4n) is 2.13. The molecule has 5 nitrogen and oxygen atoms in total.